The highest BCUT2D eigenvalue weighted by molar-refractivity contribution is 5.91. The van der Waals surface area contributed by atoms with Crippen LogP contribution in [-0.2, 0) is 27.0 Å². The molecule has 0 unspecified atom stereocenters. The van der Waals surface area contributed by atoms with E-state index in [0.717, 1.165) is 31.4 Å². The number of rotatable bonds is 11. The minimum absolute atomic E-state index is 0.00111. The van der Waals surface area contributed by atoms with Crippen molar-refractivity contribution in [3.05, 3.63) is 47.5 Å². The number of hydrogen-bond acceptors (Lipinski definition) is 3. The second-order valence-electron chi connectivity index (χ2n) is 7.45. The summed E-state index contributed by atoms with van der Waals surface area (Å²) in [5, 5.41) is 8.62. The number of likely N-dealkylation sites (tertiary alicyclic amines) is 1. The smallest absolute Gasteiger partial charge is 0.416 e. The summed E-state index contributed by atoms with van der Waals surface area (Å²) in [5.41, 5.74) is -0.254. The Labute approximate surface area is 173 Å². The van der Waals surface area contributed by atoms with Crippen molar-refractivity contribution in [2.75, 3.05) is 6.54 Å². The monoisotopic (exact) mass is 425 g/mol. The number of aliphatic carboxylic acids is 1. The van der Waals surface area contributed by atoms with Crippen LogP contribution in [0.15, 0.2) is 36.4 Å². The van der Waals surface area contributed by atoms with Crippen LogP contribution >= 0.6 is 0 Å². The van der Waals surface area contributed by atoms with E-state index in [1.165, 1.54) is 18.2 Å². The van der Waals surface area contributed by atoms with Gasteiger partial charge in [0.25, 0.3) is 0 Å². The Balaban J connectivity index is 1.80. The summed E-state index contributed by atoms with van der Waals surface area (Å²) in [6, 6.07) is 4.35. The van der Waals surface area contributed by atoms with Crippen molar-refractivity contribution in [1.82, 2.24) is 4.90 Å². The standard InChI is InChI=1S/C22H26F3NO4/c23-22(24,25)17-8-6-16(7-9-17)15-19(27)12-10-18-11-13-20(28)26(18)14-4-2-1-3-5-21(29)30/h6-10,12,18H,1-5,11,13-15H2,(H,29,30)/b12-10+/t18-/m0/s1. The Bertz CT molecular complexity index is 772. The van der Waals surface area contributed by atoms with Crippen LogP contribution in [-0.4, -0.2) is 40.3 Å². The van der Waals surface area contributed by atoms with Crippen LogP contribution in [0.1, 0.15) is 56.1 Å². The van der Waals surface area contributed by atoms with Crippen LogP contribution in [0.4, 0.5) is 13.2 Å². The lowest BCUT2D eigenvalue weighted by molar-refractivity contribution is -0.138. The number of amides is 1. The third-order valence-electron chi connectivity index (χ3n) is 5.08. The van der Waals surface area contributed by atoms with Gasteiger partial charge in [-0.15, -0.1) is 0 Å². The molecule has 164 valence electrons. The van der Waals surface area contributed by atoms with E-state index in [-0.39, 0.29) is 30.6 Å². The average molecular weight is 425 g/mol. The number of halogens is 3. The number of carbonyl (C=O) groups excluding carboxylic acids is 2. The van der Waals surface area contributed by atoms with E-state index in [1.54, 1.807) is 11.0 Å². The molecule has 1 aromatic rings. The van der Waals surface area contributed by atoms with Crippen molar-refractivity contribution in [2.24, 2.45) is 0 Å². The maximum Gasteiger partial charge on any atom is 0.416 e. The van der Waals surface area contributed by atoms with Crippen LogP contribution in [0.2, 0.25) is 0 Å². The molecule has 5 nitrogen and oxygen atoms in total. The van der Waals surface area contributed by atoms with Crippen molar-refractivity contribution < 1.29 is 32.7 Å². The maximum atomic E-state index is 12.6. The van der Waals surface area contributed by atoms with Gasteiger partial charge in [0.1, 0.15) is 0 Å². The van der Waals surface area contributed by atoms with Gasteiger partial charge >= 0.3 is 12.1 Å². The highest BCUT2D eigenvalue weighted by Crippen LogP contribution is 2.29. The number of carboxylic acid groups (broad SMARTS) is 1. The molecular formula is C22H26F3NO4. The first-order valence-corrected chi connectivity index (χ1v) is 10.1. The molecule has 1 fully saturated rings. The normalized spacial score (nSPS) is 17.1. The Kier molecular flexibility index (Phi) is 8.62. The first kappa shape index (κ1) is 23.6. The van der Waals surface area contributed by atoms with E-state index in [2.05, 4.69) is 0 Å². The molecule has 1 heterocycles. The number of carboxylic acids is 1. The van der Waals surface area contributed by atoms with Gasteiger partial charge in [-0.25, -0.2) is 0 Å². The summed E-state index contributed by atoms with van der Waals surface area (Å²) in [4.78, 5) is 36.5. The molecule has 1 aromatic carbocycles. The Morgan fingerprint density at radius 3 is 2.40 bits per heavy atom. The molecule has 0 aromatic heterocycles. The molecule has 1 amide bonds. The fourth-order valence-electron chi connectivity index (χ4n) is 3.45. The Hall–Kier alpha value is -2.64. The van der Waals surface area contributed by atoms with Crippen LogP contribution in [0, 0.1) is 0 Å². The van der Waals surface area contributed by atoms with Crippen molar-refractivity contribution >= 4 is 17.7 Å². The fourth-order valence-corrected chi connectivity index (χ4v) is 3.45. The van der Waals surface area contributed by atoms with Crippen LogP contribution in [0.3, 0.4) is 0 Å². The SMILES string of the molecule is O=C(O)CCCCCCN1C(=O)CC[C@@H]1/C=C/C(=O)Cc1ccc(C(F)(F)F)cc1. The van der Waals surface area contributed by atoms with Gasteiger partial charge in [-0.05, 0) is 43.0 Å². The minimum Gasteiger partial charge on any atom is -0.481 e. The molecule has 0 spiro atoms. The number of unbranched alkanes of at least 4 members (excludes halogenated alkanes) is 3. The van der Waals surface area contributed by atoms with Gasteiger partial charge in [0.05, 0.1) is 11.6 Å². The molecule has 2 rings (SSSR count). The molecule has 0 aliphatic carbocycles. The summed E-state index contributed by atoms with van der Waals surface area (Å²) >= 11 is 0. The highest BCUT2D eigenvalue weighted by atomic mass is 19.4. The largest absolute Gasteiger partial charge is 0.481 e. The molecule has 8 heteroatoms. The summed E-state index contributed by atoms with van der Waals surface area (Å²) in [6.07, 6.45) is 2.90. The van der Waals surface area contributed by atoms with Crippen LogP contribution in [0.5, 0.6) is 0 Å². The molecule has 30 heavy (non-hydrogen) atoms. The van der Waals surface area contributed by atoms with Gasteiger partial charge in [-0.1, -0.05) is 31.1 Å². The first-order chi connectivity index (χ1) is 14.2. The number of benzene rings is 1. The van der Waals surface area contributed by atoms with Gasteiger partial charge in [0.2, 0.25) is 5.91 Å². The predicted octanol–water partition coefficient (Wildman–Crippen LogP) is 4.40. The zero-order valence-electron chi connectivity index (χ0n) is 16.7. The van der Waals surface area contributed by atoms with E-state index < -0.39 is 17.7 Å². The molecule has 0 radical (unpaired) electrons. The van der Waals surface area contributed by atoms with E-state index >= 15 is 0 Å². The topological polar surface area (TPSA) is 74.7 Å². The Morgan fingerprint density at radius 1 is 1.10 bits per heavy atom. The number of hydrogen-bond donors (Lipinski definition) is 1. The number of carbonyl (C=O) groups is 3. The molecular weight excluding hydrogens is 399 g/mol. The molecule has 0 saturated carbocycles. The van der Waals surface area contributed by atoms with E-state index in [9.17, 15) is 27.6 Å². The summed E-state index contributed by atoms with van der Waals surface area (Å²) in [5.74, 6) is -1.01. The molecule has 1 saturated heterocycles. The molecule has 0 bridgehead atoms. The second-order valence-corrected chi connectivity index (χ2v) is 7.45. The zero-order valence-corrected chi connectivity index (χ0v) is 16.7. The third kappa shape index (κ3) is 7.65. The third-order valence-corrected chi connectivity index (χ3v) is 5.08. The summed E-state index contributed by atoms with van der Waals surface area (Å²) in [7, 11) is 0. The van der Waals surface area contributed by atoms with Crippen LogP contribution < -0.4 is 0 Å². The predicted molar refractivity (Wildman–Crippen MR) is 105 cm³/mol. The van der Waals surface area contributed by atoms with E-state index in [1.807, 2.05) is 0 Å². The maximum absolute atomic E-state index is 12.6. The average Bonchev–Trinajstić information content (AvgIpc) is 3.02. The van der Waals surface area contributed by atoms with Gasteiger partial charge in [0, 0.05) is 25.8 Å². The number of nitrogens with zero attached hydrogens (tertiary/aromatic N) is 1. The van der Waals surface area contributed by atoms with Crippen molar-refractivity contribution in [3.63, 3.8) is 0 Å². The fraction of sp³-hybridized carbons (Fsp3) is 0.500. The molecule has 1 N–H and O–H groups in total. The van der Waals surface area contributed by atoms with Crippen LogP contribution in [0.25, 0.3) is 0 Å². The quantitative estimate of drug-likeness (QED) is 0.421. The zero-order chi connectivity index (χ0) is 22.1. The molecule has 1 atom stereocenters. The van der Waals surface area contributed by atoms with Gasteiger partial charge < -0.3 is 10.0 Å². The summed E-state index contributed by atoms with van der Waals surface area (Å²) in [6.45, 7) is 0.563. The number of ketones is 1. The van der Waals surface area contributed by atoms with Crippen molar-refractivity contribution in [1.29, 1.82) is 0 Å². The first-order valence-electron chi connectivity index (χ1n) is 10.1. The lowest BCUT2D eigenvalue weighted by atomic mass is 10.1. The van der Waals surface area contributed by atoms with Gasteiger partial charge in [-0.2, -0.15) is 13.2 Å². The van der Waals surface area contributed by atoms with Gasteiger partial charge in [-0.3, -0.25) is 14.4 Å². The molecule has 1 aliphatic rings. The van der Waals surface area contributed by atoms with Crippen molar-refractivity contribution in [2.45, 2.75) is 63.6 Å². The van der Waals surface area contributed by atoms with Gasteiger partial charge in [0.15, 0.2) is 5.78 Å². The number of alkyl halides is 3. The highest BCUT2D eigenvalue weighted by Gasteiger charge is 2.30. The molecule has 1 aliphatic heterocycles. The Morgan fingerprint density at radius 2 is 1.77 bits per heavy atom. The summed E-state index contributed by atoms with van der Waals surface area (Å²) < 4.78 is 37.8. The van der Waals surface area contributed by atoms with Crippen molar-refractivity contribution in [3.8, 4) is 0 Å². The van der Waals surface area contributed by atoms with E-state index in [0.29, 0.717) is 31.4 Å². The lowest BCUT2D eigenvalue weighted by Gasteiger charge is -2.22. The number of allylic oxidation sites excluding steroid dienone is 1. The lowest BCUT2D eigenvalue weighted by Crippen LogP contribution is -2.32. The van der Waals surface area contributed by atoms with E-state index in [4.69, 9.17) is 5.11 Å². The second kappa shape index (κ2) is 10.9. The minimum atomic E-state index is -4.41.